The molecule has 0 saturated carbocycles. The van der Waals surface area contributed by atoms with Gasteiger partial charge in [-0.25, -0.2) is 4.79 Å². The number of H-pyrrole nitrogens is 1. The highest BCUT2D eigenvalue weighted by Crippen LogP contribution is 2.28. The summed E-state index contributed by atoms with van der Waals surface area (Å²) < 4.78 is 6.20. The molecule has 8 heteroatoms. The molecule has 1 aromatic rings. The van der Waals surface area contributed by atoms with E-state index in [0.717, 1.165) is 10.6 Å². The predicted molar refractivity (Wildman–Crippen MR) is 64.4 cm³/mol. The van der Waals surface area contributed by atoms with Crippen molar-refractivity contribution < 1.29 is 20.1 Å². The molecule has 104 valence electrons. The van der Waals surface area contributed by atoms with Crippen LogP contribution in [0.3, 0.4) is 0 Å². The summed E-state index contributed by atoms with van der Waals surface area (Å²) in [6, 6.07) is 1.11. The molecule has 0 aliphatic carbocycles. The fourth-order valence-electron chi connectivity index (χ4n) is 2.04. The van der Waals surface area contributed by atoms with Crippen LogP contribution in [-0.4, -0.2) is 49.8 Å². The van der Waals surface area contributed by atoms with E-state index in [9.17, 15) is 19.8 Å². The molecule has 1 unspecified atom stereocenters. The van der Waals surface area contributed by atoms with Crippen molar-refractivity contribution in [1.82, 2.24) is 9.55 Å². The summed E-state index contributed by atoms with van der Waals surface area (Å²) in [5.74, 6) is 0. The van der Waals surface area contributed by atoms with Gasteiger partial charge >= 0.3 is 5.69 Å². The van der Waals surface area contributed by atoms with Crippen LogP contribution in [0.1, 0.15) is 11.9 Å². The van der Waals surface area contributed by atoms with E-state index < -0.39 is 42.4 Å². The van der Waals surface area contributed by atoms with E-state index in [-0.39, 0.29) is 5.69 Å². The van der Waals surface area contributed by atoms with Gasteiger partial charge in [0.05, 0.1) is 12.3 Å². The summed E-state index contributed by atoms with van der Waals surface area (Å²) in [7, 11) is 0. The summed E-state index contributed by atoms with van der Waals surface area (Å²) in [5, 5.41) is 28.5. The highest BCUT2D eigenvalue weighted by atomic mass is 16.6. The lowest BCUT2D eigenvalue weighted by Crippen LogP contribution is -2.39. The lowest BCUT2D eigenvalue weighted by Gasteiger charge is -2.19. The van der Waals surface area contributed by atoms with Gasteiger partial charge in [-0.2, -0.15) is 0 Å². The summed E-state index contributed by atoms with van der Waals surface area (Å²) in [6.07, 6.45) is -3.68. The number of aliphatic hydroxyl groups is 3. The summed E-state index contributed by atoms with van der Waals surface area (Å²) in [4.78, 5) is 25.0. The minimum Gasteiger partial charge on any atom is -0.394 e. The van der Waals surface area contributed by atoms with Gasteiger partial charge in [0, 0.05) is 6.07 Å². The molecule has 4 atom stereocenters. The van der Waals surface area contributed by atoms with E-state index in [4.69, 9.17) is 9.84 Å². The van der Waals surface area contributed by atoms with Gasteiger partial charge in [-0.15, -0.1) is 0 Å². The van der Waals surface area contributed by atoms with E-state index in [1.54, 1.807) is 0 Å². The first-order valence-electron chi connectivity index (χ1n) is 5.60. The number of hydrogen-bond acceptors (Lipinski definition) is 6. The van der Waals surface area contributed by atoms with Gasteiger partial charge in [-0.3, -0.25) is 14.3 Å². The maximum Gasteiger partial charge on any atom is 0.331 e. The third-order valence-corrected chi connectivity index (χ3v) is 2.99. The fraction of sp³-hybridized carbons (Fsp3) is 0.455. The largest absolute Gasteiger partial charge is 0.394 e. The predicted octanol–water partition coefficient (Wildman–Crippen LogP) is -2.21. The topological polar surface area (TPSA) is 125 Å². The van der Waals surface area contributed by atoms with Crippen molar-refractivity contribution in [2.24, 2.45) is 0 Å². The number of rotatable bonds is 3. The molecule has 19 heavy (non-hydrogen) atoms. The van der Waals surface area contributed by atoms with Crippen LogP contribution in [0.25, 0.3) is 6.08 Å². The lowest BCUT2D eigenvalue weighted by atomic mass is 10.1. The first kappa shape index (κ1) is 13.7. The van der Waals surface area contributed by atoms with Gasteiger partial charge in [-0.05, 0) is 6.08 Å². The number of nitrogens with zero attached hydrogens (tertiary/aromatic N) is 1. The molecule has 1 aromatic heterocycles. The van der Waals surface area contributed by atoms with Crippen LogP contribution in [0, 0.1) is 0 Å². The van der Waals surface area contributed by atoms with E-state index in [1.165, 1.54) is 6.08 Å². The maximum absolute atomic E-state index is 11.8. The molecule has 2 rings (SSSR count). The van der Waals surface area contributed by atoms with Crippen molar-refractivity contribution in [3.63, 3.8) is 0 Å². The van der Waals surface area contributed by atoms with Crippen LogP contribution in [0.5, 0.6) is 0 Å². The highest BCUT2D eigenvalue weighted by Gasteiger charge is 2.44. The standard InChI is InChI=1S/C11H14N2O6/c1-2-5-3-7(15)12-11(18)13(5)10-9(17)8(16)6(4-14)19-10/h2-3,6,8-10,14,16-17H,1,4H2,(H,12,15,18)/t6-,8-,9-,10?/m1/s1. The molecule has 1 fully saturated rings. The Morgan fingerprint density at radius 2 is 2.11 bits per heavy atom. The van der Waals surface area contributed by atoms with Crippen molar-refractivity contribution in [2.75, 3.05) is 6.61 Å². The quantitative estimate of drug-likeness (QED) is 0.493. The van der Waals surface area contributed by atoms with Crippen LogP contribution >= 0.6 is 0 Å². The van der Waals surface area contributed by atoms with Crippen molar-refractivity contribution >= 4 is 6.08 Å². The third kappa shape index (κ3) is 2.26. The minimum absolute atomic E-state index is 0.142. The van der Waals surface area contributed by atoms with Crippen molar-refractivity contribution in [2.45, 2.75) is 24.5 Å². The maximum atomic E-state index is 11.8. The Bertz CT molecular complexity index is 592. The van der Waals surface area contributed by atoms with Gasteiger partial charge in [0.1, 0.15) is 18.3 Å². The molecule has 1 aliphatic rings. The van der Waals surface area contributed by atoms with Crippen LogP contribution < -0.4 is 11.2 Å². The lowest BCUT2D eigenvalue weighted by molar-refractivity contribution is -0.0553. The van der Waals surface area contributed by atoms with Crippen LogP contribution in [0.4, 0.5) is 0 Å². The molecule has 0 bridgehead atoms. The summed E-state index contributed by atoms with van der Waals surface area (Å²) in [5.41, 5.74) is -1.26. The van der Waals surface area contributed by atoms with Gasteiger partial charge in [-0.1, -0.05) is 6.58 Å². The molecule has 0 radical (unpaired) electrons. The second-order valence-electron chi connectivity index (χ2n) is 4.17. The highest BCUT2D eigenvalue weighted by molar-refractivity contribution is 5.41. The SMILES string of the molecule is C=Cc1cc(=O)[nH]c(=O)n1C1O[C@H](CO)[C@@H](O)[C@H]1O. The Kier molecular flexibility index (Phi) is 3.67. The molecule has 1 aliphatic heterocycles. The monoisotopic (exact) mass is 270 g/mol. The number of aromatic nitrogens is 2. The second kappa shape index (κ2) is 5.10. The van der Waals surface area contributed by atoms with Crippen molar-refractivity contribution in [3.05, 3.63) is 39.2 Å². The first-order chi connectivity index (χ1) is 8.99. The van der Waals surface area contributed by atoms with Crippen molar-refractivity contribution in [3.8, 4) is 0 Å². The zero-order valence-electron chi connectivity index (χ0n) is 9.89. The Hall–Kier alpha value is -1.74. The number of ether oxygens (including phenoxy) is 1. The van der Waals surface area contributed by atoms with Crippen molar-refractivity contribution in [1.29, 1.82) is 0 Å². The fourth-order valence-corrected chi connectivity index (χ4v) is 2.04. The molecule has 0 aromatic carbocycles. The molecule has 0 spiro atoms. The average molecular weight is 270 g/mol. The van der Waals surface area contributed by atoms with E-state index in [1.807, 2.05) is 4.98 Å². The van der Waals surface area contributed by atoms with Crippen LogP contribution in [0.2, 0.25) is 0 Å². The average Bonchev–Trinajstić information content (AvgIpc) is 2.65. The number of nitrogens with one attached hydrogen (secondary N) is 1. The molecule has 4 N–H and O–H groups in total. The van der Waals surface area contributed by atoms with Crippen LogP contribution in [-0.2, 0) is 4.74 Å². The number of hydrogen-bond donors (Lipinski definition) is 4. The Morgan fingerprint density at radius 3 is 2.63 bits per heavy atom. The molecule has 0 amide bonds. The summed E-state index contributed by atoms with van der Waals surface area (Å²) in [6.45, 7) is 2.96. The van der Waals surface area contributed by atoms with Gasteiger partial charge in [0.25, 0.3) is 5.56 Å². The normalized spacial score (nSPS) is 30.5. The van der Waals surface area contributed by atoms with E-state index in [2.05, 4.69) is 6.58 Å². The Labute approximate surface area is 107 Å². The zero-order valence-corrected chi connectivity index (χ0v) is 9.89. The Morgan fingerprint density at radius 1 is 1.42 bits per heavy atom. The van der Waals surface area contributed by atoms with E-state index >= 15 is 0 Å². The molecular weight excluding hydrogens is 256 g/mol. The number of aromatic amines is 1. The third-order valence-electron chi connectivity index (χ3n) is 2.99. The number of aliphatic hydroxyl groups excluding tert-OH is 3. The van der Waals surface area contributed by atoms with Gasteiger partial charge < -0.3 is 20.1 Å². The van der Waals surface area contributed by atoms with Gasteiger partial charge in [0.2, 0.25) is 0 Å². The second-order valence-corrected chi connectivity index (χ2v) is 4.17. The van der Waals surface area contributed by atoms with E-state index in [0.29, 0.717) is 0 Å². The van der Waals surface area contributed by atoms with Gasteiger partial charge in [0.15, 0.2) is 6.23 Å². The smallest absolute Gasteiger partial charge is 0.331 e. The first-order valence-corrected chi connectivity index (χ1v) is 5.60. The van der Waals surface area contributed by atoms with Crippen LogP contribution in [0.15, 0.2) is 22.2 Å². The molecule has 8 nitrogen and oxygen atoms in total. The molecule has 1 saturated heterocycles. The Balaban J connectivity index is 2.51. The minimum atomic E-state index is -1.40. The zero-order chi connectivity index (χ0) is 14.2. The molecular formula is C11H14N2O6. The summed E-state index contributed by atoms with van der Waals surface area (Å²) >= 11 is 0. The molecule has 2 heterocycles.